The van der Waals surface area contributed by atoms with Crippen molar-refractivity contribution in [2.75, 3.05) is 19.6 Å². The van der Waals surface area contributed by atoms with Crippen LogP contribution >= 0.6 is 0 Å². The molecule has 4 nitrogen and oxygen atoms in total. The van der Waals surface area contributed by atoms with Crippen LogP contribution in [0.15, 0.2) is 29.2 Å². The molecule has 1 N–H and O–H groups in total. The topological polar surface area (TPSA) is 49.4 Å². The molecule has 0 radical (unpaired) electrons. The van der Waals surface area contributed by atoms with Crippen LogP contribution in [-0.4, -0.2) is 38.4 Å². The Kier molecular flexibility index (Phi) is 3.99. The van der Waals surface area contributed by atoms with Crippen molar-refractivity contribution in [1.82, 2.24) is 9.62 Å². The normalized spacial score (nSPS) is 16.8. The van der Waals surface area contributed by atoms with Crippen molar-refractivity contribution in [2.24, 2.45) is 0 Å². The molecule has 1 aliphatic rings. The van der Waals surface area contributed by atoms with E-state index < -0.39 is 15.8 Å². The number of sulfonamides is 1. The monoisotopic (exact) mass is 272 g/mol. The van der Waals surface area contributed by atoms with Gasteiger partial charge in [0, 0.05) is 19.6 Å². The standard InChI is InChI=1S/C12H17FN2O2S/c1-2-7-15(11-8-14-9-11)18(16,17)12-5-3-10(13)4-6-12/h3-6,11,14H,2,7-9H2,1H3. The van der Waals surface area contributed by atoms with Gasteiger partial charge in [-0.25, -0.2) is 12.8 Å². The Morgan fingerprint density at radius 3 is 2.39 bits per heavy atom. The summed E-state index contributed by atoms with van der Waals surface area (Å²) in [6.45, 7) is 3.80. The molecule has 0 atom stereocenters. The van der Waals surface area contributed by atoms with Crippen molar-refractivity contribution in [3.05, 3.63) is 30.1 Å². The predicted octanol–water partition coefficient (Wildman–Crippen LogP) is 1.20. The second kappa shape index (κ2) is 5.34. The number of halogens is 1. The second-order valence-electron chi connectivity index (χ2n) is 4.38. The number of hydrogen-bond acceptors (Lipinski definition) is 3. The first-order valence-electron chi connectivity index (χ1n) is 6.04. The molecule has 0 spiro atoms. The number of hydrogen-bond donors (Lipinski definition) is 1. The molecule has 0 aliphatic carbocycles. The van der Waals surface area contributed by atoms with Gasteiger partial charge in [-0.3, -0.25) is 0 Å². The lowest BCUT2D eigenvalue weighted by atomic mass is 10.2. The molecular weight excluding hydrogens is 255 g/mol. The minimum atomic E-state index is -3.51. The van der Waals surface area contributed by atoms with Gasteiger partial charge in [-0.15, -0.1) is 0 Å². The lowest BCUT2D eigenvalue weighted by molar-refractivity contribution is 0.242. The van der Waals surface area contributed by atoms with Crippen LogP contribution in [0.2, 0.25) is 0 Å². The van der Waals surface area contributed by atoms with Gasteiger partial charge in [-0.2, -0.15) is 4.31 Å². The van der Waals surface area contributed by atoms with Gasteiger partial charge in [-0.1, -0.05) is 6.92 Å². The molecule has 100 valence electrons. The first kappa shape index (κ1) is 13.5. The van der Waals surface area contributed by atoms with E-state index in [-0.39, 0.29) is 10.9 Å². The SMILES string of the molecule is CCCN(C1CNC1)S(=O)(=O)c1ccc(F)cc1. The van der Waals surface area contributed by atoms with Crippen LogP contribution in [0.5, 0.6) is 0 Å². The van der Waals surface area contributed by atoms with Crippen molar-refractivity contribution >= 4 is 10.0 Å². The third-order valence-electron chi connectivity index (χ3n) is 3.03. The van der Waals surface area contributed by atoms with Gasteiger partial charge in [-0.05, 0) is 30.7 Å². The zero-order valence-corrected chi connectivity index (χ0v) is 11.1. The van der Waals surface area contributed by atoms with Crippen molar-refractivity contribution in [2.45, 2.75) is 24.3 Å². The van der Waals surface area contributed by atoms with Gasteiger partial charge >= 0.3 is 0 Å². The Morgan fingerprint density at radius 1 is 1.33 bits per heavy atom. The van der Waals surface area contributed by atoms with E-state index in [4.69, 9.17) is 0 Å². The minimum Gasteiger partial charge on any atom is -0.313 e. The molecule has 0 aromatic heterocycles. The van der Waals surface area contributed by atoms with Crippen molar-refractivity contribution < 1.29 is 12.8 Å². The average Bonchev–Trinajstić information content (AvgIpc) is 2.26. The van der Waals surface area contributed by atoms with Gasteiger partial charge in [0.05, 0.1) is 10.9 Å². The summed E-state index contributed by atoms with van der Waals surface area (Å²) in [6.07, 6.45) is 0.761. The Balaban J connectivity index is 2.29. The number of nitrogens with one attached hydrogen (secondary N) is 1. The van der Waals surface area contributed by atoms with Gasteiger partial charge in [0.15, 0.2) is 0 Å². The fourth-order valence-corrected chi connectivity index (χ4v) is 3.65. The molecule has 0 unspecified atom stereocenters. The van der Waals surface area contributed by atoms with E-state index in [1.54, 1.807) is 0 Å². The van der Waals surface area contributed by atoms with E-state index in [0.29, 0.717) is 19.6 Å². The largest absolute Gasteiger partial charge is 0.313 e. The Bertz CT molecular complexity index is 497. The molecule has 0 saturated carbocycles. The quantitative estimate of drug-likeness (QED) is 0.876. The molecule has 1 aliphatic heterocycles. The fraction of sp³-hybridized carbons (Fsp3) is 0.500. The summed E-state index contributed by atoms with van der Waals surface area (Å²) >= 11 is 0. The average molecular weight is 272 g/mol. The van der Waals surface area contributed by atoms with E-state index in [1.165, 1.54) is 28.6 Å². The molecule has 1 fully saturated rings. The summed E-state index contributed by atoms with van der Waals surface area (Å²) in [6, 6.07) is 5.00. The zero-order chi connectivity index (χ0) is 13.2. The lowest BCUT2D eigenvalue weighted by Crippen LogP contribution is -2.58. The van der Waals surface area contributed by atoms with E-state index in [1.807, 2.05) is 6.92 Å². The summed E-state index contributed by atoms with van der Waals surface area (Å²) in [4.78, 5) is 0.157. The first-order chi connectivity index (χ1) is 8.55. The molecule has 1 heterocycles. The third kappa shape index (κ3) is 2.55. The molecule has 0 bridgehead atoms. The van der Waals surface area contributed by atoms with Crippen LogP contribution in [0.1, 0.15) is 13.3 Å². The van der Waals surface area contributed by atoms with E-state index in [0.717, 1.165) is 6.42 Å². The molecule has 2 rings (SSSR count). The van der Waals surface area contributed by atoms with Gasteiger partial charge in [0.2, 0.25) is 10.0 Å². The van der Waals surface area contributed by atoms with E-state index in [2.05, 4.69) is 5.32 Å². The number of nitrogens with zero attached hydrogens (tertiary/aromatic N) is 1. The van der Waals surface area contributed by atoms with E-state index >= 15 is 0 Å². The van der Waals surface area contributed by atoms with Crippen molar-refractivity contribution in [1.29, 1.82) is 0 Å². The highest BCUT2D eigenvalue weighted by Gasteiger charge is 2.34. The van der Waals surface area contributed by atoms with Crippen LogP contribution in [0.4, 0.5) is 4.39 Å². The Hall–Kier alpha value is -0.980. The van der Waals surface area contributed by atoms with Crippen LogP contribution in [0.3, 0.4) is 0 Å². The molecular formula is C12H17FN2O2S. The van der Waals surface area contributed by atoms with Gasteiger partial charge in [0.25, 0.3) is 0 Å². The van der Waals surface area contributed by atoms with Crippen molar-refractivity contribution in [3.8, 4) is 0 Å². The molecule has 6 heteroatoms. The molecule has 1 saturated heterocycles. The smallest absolute Gasteiger partial charge is 0.243 e. The summed E-state index contributed by atoms with van der Waals surface area (Å²) in [5.74, 6) is -0.429. The van der Waals surface area contributed by atoms with Crippen LogP contribution < -0.4 is 5.32 Å². The maximum absolute atomic E-state index is 12.8. The third-order valence-corrected chi connectivity index (χ3v) is 5.00. The summed E-state index contributed by atoms with van der Waals surface area (Å²) in [5, 5.41) is 3.07. The predicted molar refractivity (Wildman–Crippen MR) is 67.2 cm³/mol. The Labute approximate surface area is 107 Å². The highest BCUT2D eigenvalue weighted by atomic mass is 32.2. The number of benzene rings is 1. The van der Waals surface area contributed by atoms with Crippen LogP contribution in [-0.2, 0) is 10.0 Å². The zero-order valence-electron chi connectivity index (χ0n) is 10.3. The number of rotatable bonds is 5. The van der Waals surface area contributed by atoms with Gasteiger partial charge < -0.3 is 5.32 Å². The highest BCUT2D eigenvalue weighted by molar-refractivity contribution is 7.89. The summed E-state index contributed by atoms with van der Waals surface area (Å²) in [5.41, 5.74) is 0. The second-order valence-corrected chi connectivity index (χ2v) is 6.27. The summed E-state index contributed by atoms with van der Waals surface area (Å²) < 4.78 is 39.2. The molecule has 1 aromatic carbocycles. The fourth-order valence-electron chi connectivity index (χ4n) is 1.94. The molecule has 18 heavy (non-hydrogen) atoms. The maximum atomic E-state index is 12.8. The Morgan fingerprint density at radius 2 is 1.94 bits per heavy atom. The first-order valence-corrected chi connectivity index (χ1v) is 7.48. The lowest BCUT2D eigenvalue weighted by Gasteiger charge is -2.37. The van der Waals surface area contributed by atoms with E-state index in [9.17, 15) is 12.8 Å². The van der Waals surface area contributed by atoms with Crippen LogP contribution in [0.25, 0.3) is 0 Å². The highest BCUT2D eigenvalue weighted by Crippen LogP contribution is 2.20. The molecule has 0 amide bonds. The van der Waals surface area contributed by atoms with Crippen LogP contribution in [0, 0.1) is 5.82 Å². The van der Waals surface area contributed by atoms with Crippen molar-refractivity contribution in [3.63, 3.8) is 0 Å². The van der Waals surface area contributed by atoms with Gasteiger partial charge in [0.1, 0.15) is 5.82 Å². The maximum Gasteiger partial charge on any atom is 0.243 e. The summed E-state index contributed by atoms with van der Waals surface area (Å²) in [7, 11) is -3.51. The molecule has 1 aromatic rings. The minimum absolute atomic E-state index is 0.0139.